The van der Waals surface area contributed by atoms with Gasteiger partial charge in [-0.15, -0.1) is 0 Å². The van der Waals surface area contributed by atoms with Crippen molar-refractivity contribution in [2.75, 3.05) is 20.8 Å². The summed E-state index contributed by atoms with van der Waals surface area (Å²) in [6.45, 7) is 5.67. The second-order valence-electron chi connectivity index (χ2n) is 4.62. The lowest BCUT2D eigenvalue weighted by molar-refractivity contribution is -0.140. The molecular formula is C15H23NO3. The molecule has 0 aromatic heterocycles. The van der Waals surface area contributed by atoms with Gasteiger partial charge in [-0.1, -0.05) is 6.07 Å². The van der Waals surface area contributed by atoms with Crippen molar-refractivity contribution in [3.8, 4) is 5.75 Å². The summed E-state index contributed by atoms with van der Waals surface area (Å²) in [5.41, 5.74) is 3.59. The zero-order chi connectivity index (χ0) is 14.3. The van der Waals surface area contributed by atoms with E-state index in [1.807, 2.05) is 6.07 Å². The quantitative estimate of drug-likeness (QED) is 0.607. The lowest BCUT2D eigenvalue weighted by atomic mass is 10.0. The van der Waals surface area contributed by atoms with Crippen LogP contribution >= 0.6 is 0 Å². The Bertz CT molecular complexity index is 430. The SMILES string of the molecule is COC(=O)CCCNCc1c(C)cc(C)cc1OC. The second-order valence-corrected chi connectivity index (χ2v) is 4.62. The van der Waals surface area contributed by atoms with Crippen LogP contribution in [0.4, 0.5) is 0 Å². The molecule has 0 atom stereocenters. The summed E-state index contributed by atoms with van der Waals surface area (Å²) < 4.78 is 10.0. The van der Waals surface area contributed by atoms with Crippen LogP contribution in [0.25, 0.3) is 0 Å². The average molecular weight is 265 g/mol. The van der Waals surface area contributed by atoms with E-state index in [9.17, 15) is 4.79 Å². The Morgan fingerprint density at radius 2 is 2.00 bits per heavy atom. The highest BCUT2D eigenvalue weighted by Crippen LogP contribution is 2.23. The highest BCUT2D eigenvalue weighted by molar-refractivity contribution is 5.69. The number of hydrogen-bond donors (Lipinski definition) is 1. The Hall–Kier alpha value is -1.55. The molecule has 1 rings (SSSR count). The van der Waals surface area contributed by atoms with Gasteiger partial charge < -0.3 is 14.8 Å². The monoisotopic (exact) mass is 265 g/mol. The summed E-state index contributed by atoms with van der Waals surface area (Å²) in [4.78, 5) is 11.0. The van der Waals surface area contributed by atoms with Gasteiger partial charge in [-0.2, -0.15) is 0 Å². The molecule has 0 aliphatic heterocycles. The number of methoxy groups -OCH3 is 2. The van der Waals surface area contributed by atoms with Crippen molar-refractivity contribution in [2.45, 2.75) is 33.2 Å². The third kappa shape index (κ3) is 4.91. The van der Waals surface area contributed by atoms with E-state index in [-0.39, 0.29) is 5.97 Å². The maximum Gasteiger partial charge on any atom is 0.305 e. The Labute approximate surface area is 115 Å². The van der Waals surface area contributed by atoms with Gasteiger partial charge in [-0.25, -0.2) is 0 Å². The van der Waals surface area contributed by atoms with Crippen molar-refractivity contribution in [3.05, 3.63) is 28.8 Å². The molecular weight excluding hydrogens is 242 g/mol. The van der Waals surface area contributed by atoms with Crippen molar-refractivity contribution in [1.82, 2.24) is 5.32 Å². The summed E-state index contributed by atoms with van der Waals surface area (Å²) >= 11 is 0. The fraction of sp³-hybridized carbons (Fsp3) is 0.533. The van der Waals surface area contributed by atoms with Crippen molar-refractivity contribution < 1.29 is 14.3 Å². The largest absolute Gasteiger partial charge is 0.496 e. The Morgan fingerprint density at radius 3 is 2.63 bits per heavy atom. The highest BCUT2D eigenvalue weighted by Gasteiger charge is 2.07. The van der Waals surface area contributed by atoms with E-state index in [0.29, 0.717) is 6.42 Å². The maximum absolute atomic E-state index is 11.0. The van der Waals surface area contributed by atoms with Crippen LogP contribution < -0.4 is 10.1 Å². The third-order valence-corrected chi connectivity index (χ3v) is 3.06. The van der Waals surface area contributed by atoms with Gasteiger partial charge in [0.15, 0.2) is 0 Å². The van der Waals surface area contributed by atoms with Crippen molar-refractivity contribution in [2.24, 2.45) is 0 Å². The molecule has 1 N–H and O–H groups in total. The van der Waals surface area contributed by atoms with Crippen molar-refractivity contribution in [1.29, 1.82) is 0 Å². The minimum atomic E-state index is -0.161. The zero-order valence-electron chi connectivity index (χ0n) is 12.2. The van der Waals surface area contributed by atoms with Gasteiger partial charge in [0.1, 0.15) is 5.75 Å². The fourth-order valence-corrected chi connectivity index (χ4v) is 2.04. The average Bonchev–Trinajstić information content (AvgIpc) is 2.39. The molecule has 0 amide bonds. The molecule has 0 fully saturated rings. The summed E-state index contributed by atoms with van der Waals surface area (Å²) in [7, 11) is 3.10. The first-order valence-electron chi connectivity index (χ1n) is 6.50. The molecule has 0 saturated carbocycles. The molecule has 0 saturated heterocycles. The molecule has 0 unspecified atom stereocenters. The van der Waals surface area contributed by atoms with Gasteiger partial charge in [-0.05, 0) is 44.0 Å². The van der Waals surface area contributed by atoms with Crippen LogP contribution in [0, 0.1) is 13.8 Å². The number of hydrogen-bond acceptors (Lipinski definition) is 4. The summed E-state index contributed by atoms with van der Waals surface area (Å²) in [5.74, 6) is 0.754. The molecule has 4 nitrogen and oxygen atoms in total. The Balaban J connectivity index is 2.47. The van der Waals surface area contributed by atoms with Crippen LogP contribution in [0.15, 0.2) is 12.1 Å². The first kappa shape index (κ1) is 15.5. The number of nitrogens with one attached hydrogen (secondary N) is 1. The van der Waals surface area contributed by atoms with E-state index in [1.54, 1.807) is 7.11 Å². The van der Waals surface area contributed by atoms with E-state index in [2.05, 4.69) is 30.0 Å². The molecule has 4 heteroatoms. The van der Waals surface area contributed by atoms with Crippen molar-refractivity contribution >= 4 is 5.97 Å². The number of aryl methyl sites for hydroxylation is 2. The molecule has 0 aliphatic carbocycles. The third-order valence-electron chi connectivity index (χ3n) is 3.06. The summed E-state index contributed by atoms with van der Waals surface area (Å²) in [6.07, 6.45) is 1.23. The summed E-state index contributed by atoms with van der Waals surface area (Å²) in [5, 5.41) is 3.33. The van der Waals surface area contributed by atoms with Crippen LogP contribution in [0.2, 0.25) is 0 Å². The van der Waals surface area contributed by atoms with E-state index < -0.39 is 0 Å². The first-order chi connectivity index (χ1) is 9.08. The molecule has 0 bridgehead atoms. The number of esters is 1. The Kier molecular flexibility index (Phi) is 6.36. The maximum atomic E-state index is 11.0. The van der Waals surface area contributed by atoms with Gasteiger partial charge in [0, 0.05) is 18.5 Å². The van der Waals surface area contributed by atoms with Gasteiger partial charge in [0.05, 0.1) is 14.2 Å². The first-order valence-corrected chi connectivity index (χ1v) is 6.50. The lowest BCUT2D eigenvalue weighted by Crippen LogP contribution is -2.17. The topological polar surface area (TPSA) is 47.6 Å². The standard InChI is InChI=1S/C15H23NO3/c1-11-8-12(2)13(14(9-11)18-3)10-16-7-5-6-15(17)19-4/h8-9,16H,5-7,10H2,1-4H3. The molecule has 19 heavy (non-hydrogen) atoms. The molecule has 0 spiro atoms. The van der Waals surface area contributed by atoms with E-state index in [0.717, 1.165) is 25.3 Å². The number of carbonyl (C=O) groups is 1. The molecule has 0 aliphatic rings. The number of rotatable bonds is 7. The smallest absolute Gasteiger partial charge is 0.305 e. The number of benzene rings is 1. The minimum Gasteiger partial charge on any atom is -0.496 e. The zero-order valence-corrected chi connectivity index (χ0v) is 12.2. The highest BCUT2D eigenvalue weighted by atomic mass is 16.5. The van der Waals surface area contributed by atoms with Gasteiger partial charge in [0.2, 0.25) is 0 Å². The molecule has 0 heterocycles. The minimum absolute atomic E-state index is 0.161. The molecule has 106 valence electrons. The van der Waals surface area contributed by atoms with Gasteiger partial charge in [0.25, 0.3) is 0 Å². The predicted molar refractivity (Wildman–Crippen MR) is 75.4 cm³/mol. The van der Waals surface area contributed by atoms with E-state index in [4.69, 9.17) is 4.74 Å². The molecule has 1 aromatic carbocycles. The number of carbonyl (C=O) groups excluding carboxylic acids is 1. The van der Waals surface area contributed by atoms with Crippen LogP contribution in [0.1, 0.15) is 29.5 Å². The van der Waals surface area contributed by atoms with Gasteiger partial charge in [-0.3, -0.25) is 4.79 Å². The van der Waals surface area contributed by atoms with Crippen LogP contribution in [-0.2, 0) is 16.1 Å². The summed E-state index contributed by atoms with van der Waals surface area (Å²) in [6, 6.07) is 4.19. The normalized spacial score (nSPS) is 10.3. The molecule has 0 radical (unpaired) electrons. The van der Waals surface area contributed by atoms with Crippen molar-refractivity contribution in [3.63, 3.8) is 0 Å². The van der Waals surface area contributed by atoms with Crippen LogP contribution in [0.3, 0.4) is 0 Å². The van der Waals surface area contributed by atoms with E-state index >= 15 is 0 Å². The van der Waals surface area contributed by atoms with Gasteiger partial charge >= 0.3 is 5.97 Å². The fourth-order valence-electron chi connectivity index (χ4n) is 2.04. The second kappa shape index (κ2) is 7.79. The van der Waals surface area contributed by atoms with E-state index in [1.165, 1.54) is 23.8 Å². The molecule has 1 aromatic rings. The van der Waals surface area contributed by atoms with Crippen LogP contribution in [0.5, 0.6) is 5.75 Å². The Morgan fingerprint density at radius 1 is 1.26 bits per heavy atom. The lowest BCUT2D eigenvalue weighted by Gasteiger charge is -2.13. The number of ether oxygens (including phenoxy) is 2. The van der Waals surface area contributed by atoms with Crippen LogP contribution in [-0.4, -0.2) is 26.7 Å². The predicted octanol–water partition coefficient (Wildman–Crippen LogP) is 2.35.